The molecule has 0 fully saturated rings. The van der Waals surface area contributed by atoms with Crippen molar-refractivity contribution >= 4 is 15.8 Å². The van der Waals surface area contributed by atoms with Crippen molar-refractivity contribution in [2.75, 3.05) is 38.1 Å². The Labute approximate surface area is 123 Å². The van der Waals surface area contributed by atoms with E-state index in [-0.39, 0.29) is 55.2 Å². The van der Waals surface area contributed by atoms with Crippen LogP contribution in [0.2, 0.25) is 0 Å². The summed E-state index contributed by atoms with van der Waals surface area (Å²) in [6.45, 7) is 0. The minimum absolute atomic E-state index is 0. The van der Waals surface area contributed by atoms with Crippen LogP contribution in [-0.4, -0.2) is 68.7 Å². The molecule has 0 saturated heterocycles. The van der Waals surface area contributed by atoms with Crippen molar-refractivity contribution in [3.8, 4) is 0 Å². The molecule has 0 heterocycles. The Morgan fingerprint density at radius 2 is 0.632 bits per heavy atom. The fourth-order valence-electron chi connectivity index (χ4n) is 0.300. The summed E-state index contributed by atoms with van der Waals surface area (Å²) in [5, 5.41) is 49.5. The molecule has 13 heteroatoms. The van der Waals surface area contributed by atoms with Gasteiger partial charge in [-0.05, 0) is 0 Å². The molecule has 19 heavy (non-hydrogen) atoms. The molecule has 0 aromatic carbocycles. The summed E-state index contributed by atoms with van der Waals surface area (Å²) in [6.07, 6.45) is -0.264. The number of nitrogens with zero attached hydrogens (tertiary/aromatic N) is 2. The summed E-state index contributed by atoms with van der Waals surface area (Å²) in [5.74, 6) is 0. The van der Waals surface area contributed by atoms with Crippen LogP contribution >= 0.6 is 15.8 Å². The molecule has 6 N–H and O–H groups in total. The zero-order valence-corrected chi connectivity index (χ0v) is 13.1. The third-order valence-electron chi connectivity index (χ3n) is 1.34. The summed E-state index contributed by atoms with van der Waals surface area (Å²) in [4.78, 5) is 14.5. The molecule has 0 aliphatic rings. The predicted molar refractivity (Wildman–Crippen MR) is 70.1 cm³/mol. The fraction of sp³-hybridized carbons (Fsp3) is 1.00. The van der Waals surface area contributed by atoms with Gasteiger partial charge in [0, 0.05) is 17.1 Å². The maximum Gasteiger partial charge on any atom is 0.156 e. The molecule has 118 valence electrons. The van der Waals surface area contributed by atoms with Gasteiger partial charge in [0.05, 0.1) is 15.8 Å². The van der Waals surface area contributed by atoms with Crippen LogP contribution in [0.25, 0.3) is 0 Å². The average Bonchev–Trinajstić information content (AvgIpc) is 2.48. The van der Waals surface area contributed by atoms with Crippen molar-refractivity contribution in [2.24, 2.45) is 0 Å². The number of aliphatic hydroxyl groups excluding tert-OH is 6. The molecule has 0 rings (SSSR count). The van der Waals surface area contributed by atoms with E-state index in [9.17, 15) is 0 Å². The predicted octanol–water partition coefficient (Wildman–Crippen LogP) is -2.80. The quantitative estimate of drug-likeness (QED) is 0.214. The van der Waals surface area contributed by atoms with E-state index >= 15 is 0 Å². The van der Waals surface area contributed by atoms with Crippen LogP contribution in [-0.2, 0) is 17.1 Å². The molecule has 0 bridgehead atoms. The van der Waals surface area contributed by atoms with Crippen LogP contribution in [0.4, 0.5) is 0 Å². The monoisotopic (exact) mass is 366 g/mol. The van der Waals surface area contributed by atoms with Gasteiger partial charge in [0.15, 0.2) is 38.1 Å². The van der Waals surface area contributed by atoms with Crippen LogP contribution in [0.1, 0.15) is 0 Å². The number of hydrogen-bond donors (Lipinski definition) is 6. The van der Waals surface area contributed by atoms with Crippen molar-refractivity contribution in [3.63, 3.8) is 0 Å². The van der Waals surface area contributed by atoms with Crippen LogP contribution in [0.3, 0.4) is 0 Å². The van der Waals surface area contributed by atoms with Gasteiger partial charge >= 0.3 is 0 Å². The van der Waals surface area contributed by atoms with E-state index in [0.29, 0.717) is 0 Å². The van der Waals surface area contributed by atoms with Crippen LogP contribution in [0, 0.1) is 9.81 Å². The first-order valence-electron chi connectivity index (χ1n) is 4.38. The Kier molecular flexibility index (Phi) is 60.3. The topological polar surface area (TPSA) is 200 Å². The molecule has 0 aliphatic heterocycles. The first-order chi connectivity index (χ1) is 8.69. The number of nitroso groups, excluding NO2 is 2. The van der Waals surface area contributed by atoms with Gasteiger partial charge in [-0.1, -0.05) is 0 Å². The fourth-order valence-corrected chi connectivity index (χ4v) is 0.900. The van der Waals surface area contributed by atoms with Crippen molar-refractivity contribution in [1.29, 1.82) is 0 Å². The molecule has 2 radical (unpaired) electrons. The van der Waals surface area contributed by atoms with E-state index in [2.05, 4.69) is 0 Å². The smallest absolute Gasteiger partial charge is 0.156 e. The molecule has 0 amide bonds. The standard InChI is InChI=1S/2C3H9O3P.Fe.2NO/c2*4-1-7(2-5)3-6;;2*1-2/h2*4-6H,1-3H2;;;/p+2. The second-order valence-electron chi connectivity index (χ2n) is 2.45. The molecule has 0 aliphatic carbocycles. The maximum atomic E-state index is 8.25. The third-order valence-corrected chi connectivity index (χ3v) is 4.02. The molecule has 10 nitrogen and oxygen atoms in total. The van der Waals surface area contributed by atoms with Crippen LogP contribution in [0.5, 0.6) is 0 Å². The van der Waals surface area contributed by atoms with Crippen LogP contribution in [0.15, 0.2) is 0 Å². The first kappa shape index (κ1) is 31.6. The van der Waals surface area contributed by atoms with Gasteiger partial charge in [-0.3, -0.25) is 0 Å². The zero-order chi connectivity index (χ0) is 15.4. The molecule has 0 spiro atoms. The summed E-state index contributed by atoms with van der Waals surface area (Å²) in [6, 6.07) is 0. The van der Waals surface area contributed by atoms with Crippen molar-refractivity contribution in [3.05, 3.63) is 9.81 Å². The van der Waals surface area contributed by atoms with Crippen molar-refractivity contribution < 1.29 is 47.7 Å². The summed E-state index contributed by atoms with van der Waals surface area (Å²) < 4.78 is 0. The van der Waals surface area contributed by atoms with E-state index in [1.165, 1.54) is 0 Å². The van der Waals surface area contributed by atoms with Crippen LogP contribution < -0.4 is 11.2 Å². The van der Waals surface area contributed by atoms with E-state index in [1.54, 1.807) is 0 Å². The van der Waals surface area contributed by atoms with Gasteiger partial charge in [0.1, 0.15) is 11.2 Å². The van der Waals surface area contributed by atoms with Gasteiger partial charge in [-0.2, -0.15) is 0 Å². The summed E-state index contributed by atoms with van der Waals surface area (Å²) in [5.41, 5.74) is 11.5. The SMILES string of the molecule is OC[PH+](CO)CO.OC[PH+](CO)CO.[Fe].[N]=O.[N]=O. The third kappa shape index (κ3) is 32.2. The van der Waals surface area contributed by atoms with Gasteiger partial charge in [0.2, 0.25) is 0 Å². The van der Waals surface area contributed by atoms with E-state index in [4.69, 9.17) is 51.6 Å². The number of aliphatic hydroxyl groups is 6. The molecule has 0 saturated carbocycles. The van der Waals surface area contributed by atoms with Gasteiger partial charge < -0.3 is 30.6 Å². The van der Waals surface area contributed by atoms with Crippen molar-refractivity contribution in [1.82, 2.24) is 11.2 Å². The minimum atomic E-state index is -1.20. The van der Waals surface area contributed by atoms with Gasteiger partial charge in [-0.25, -0.2) is 0 Å². The van der Waals surface area contributed by atoms with Gasteiger partial charge in [-0.15, -0.1) is 9.81 Å². The number of hydrogen-bond acceptors (Lipinski definition) is 8. The molecule has 0 aromatic rings. The molecule has 0 atom stereocenters. The van der Waals surface area contributed by atoms with E-state index < -0.39 is 15.8 Å². The summed E-state index contributed by atoms with van der Waals surface area (Å²) >= 11 is 0. The van der Waals surface area contributed by atoms with Crippen molar-refractivity contribution in [2.45, 2.75) is 0 Å². The molecule has 0 aromatic heterocycles. The Hall–Kier alpha value is 0.339. The van der Waals surface area contributed by atoms with E-state index in [0.717, 1.165) is 0 Å². The molecular formula is C6H20FeN2O8P2+2. The summed E-state index contributed by atoms with van der Waals surface area (Å²) in [7, 11) is -2.39. The Morgan fingerprint density at radius 3 is 0.632 bits per heavy atom. The molecule has 0 unspecified atom stereocenters. The Morgan fingerprint density at radius 1 is 0.526 bits per heavy atom. The Balaban J connectivity index is -0.0000000522. The first-order valence-corrected chi connectivity index (χ1v) is 8.63. The zero-order valence-electron chi connectivity index (χ0n) is 9.99. The average molecular weight is 366 g/mol. The molecular weight excluding hydrogens is 346 g/mol. The normalized spacial score (nSPS) is 8.00. The second-order valence-corrected chi connectivity index (χ2v) is 7.35. The number of rotatable bonds is 6. The largest absolute Gasteiger partial charge is 0.362 e. The second kappa shape index (κ2) is 36.2. The van der Waals surface area contributed by atoms with Gasteiger partial charge in [0.25, 0.3) is 0 Å². The maximum absolute atomic E-state index is 8.25. The minimum Gasteiger partial charge on any atom is -0.362 e. The Bertz CT molecular complexity index is 111. The van der Waals surface area contributed by atoms with E-state index in [1.807, 2.05) is 0 Å².